The lowest BCUT2D eigenvalue weighted by Gasteiger charge is -2.26. The highest BCUT2D eigenvalue weighted by molar-refractivity contribution is 5.43. The van der Waals surface area contributed by atoms with Crippen molar-refractivity contribution in [1.82, 2.24) is 4.98 Å². The minimum Gasteiger partial charge on any atom is -0.405 e. The van der Waals surface area contributed by atoms with Crippen molar-refractivity contribution in [2.45, 2.75) is 18.9 Å². The maximum Gasteiger partial charge on any atom is 0.573 e. The Morgan fingerprint density at radius 3 is 2.40 bits per heavy atom. The van der Waals surface area contributed by atoms with E-state index in [9.17, 15) is 18.3 Å². The van der Waals surface area contributed by atoms with Crippen LogP contribution in [0.2, 0.25) is 0 Å². The second-order valence-electron chi connectivity index (χ2n) is 4.36. The van der Waals surface area contributed by atoms with Crippen molar-refractivity contribution in [3.8, 4) is 5.75 Å². The molecular formula is C14H12F3NO2. The minimum absolute atomic E-state index is 0.0188. The quantitative estimate of drug-likeness (QED) is 0.940. The van der Waals surface area contributed by atoms with Crippen LogP contribution in [0.5, 0.6) is 5.75 Å². The molecule has 3 nitrogen and oxygen atoms in total. The Labute approximate surface area is 113 Å². The third kappa shape index (κ3) is 3.08. The number of pyridine rings is 1. The van der Waals surface area contributed by atoms with E-state index in [0.29, 0.717) is 5.56 Å². The number of ether oxygens (including phenoxy) is 1. The first-order valence-electron chi connectivity index (χ1n) is 5.79. The van der Waals surface area contributed by atoms with Gasteiger partial charge in [0.15, 0.2) is 0 Å². The van der Waals surface area contributed by atoms with Crippen LogP contribution in [0, 0.1) is 0 Å². The van der Waals surface area contributed by atoms with E-state index in [-0.39, 0.29) is 5.56 Å². The van der Waals surface area contributed by atoms with Gasteiger partial charge in [0.25, 0.3) is 0 Å². The van der Waals surface area contributed by atoms with Crippen molar-refractivity contribution in [3.63, 3.8) is 0 Å². The summed E-state index contributed by atoms with van der Waals surface area (Å²) in [6, 6.07) is 8.66. The van der Waals surface area contributed by atoms with Crippen LogP contribution in [0.1, 0.15) is 18.1 Å². The summed E-state index contributed by atoms with van der Waals surface area (Å²) in [6.07, 6.45) is -1.91. The van der Waals surface area contributed by atoms with Crippen molar-refractivity contribution in [1.29, 1.82) is 0 Å². The van der Waals surface area contributed by atoms with E-state index in [1.54, 1.807) is 12.1 Å². The Morgan fingerprint density at radius 1 is 1.10 bits per heavy atom. The number of halogens is 3. The molecule has 1 unspecified atom stereocenters. The molecule has 0 aliphatic rings. The van der Waals surface area contributed by atoms with Crippen molar-refractivity contribution < 1.29 is 23.0 Å². The average Bonchev–Trinajstić information content (AvgIpc) is 2.38. The van der Waals surface area contributed by atoms with Gasteiger partial charge in [-0.05, 0) is 19.1 Å². The van der Waals surface area contributed by atoms with Crippen molar-refractivity contribution in [3.05, 3.63) is 59.9 Å². The Kier molecular flexibility index (Phi) is 3.67. The van der Waals surface area contributed by atoms with E-state index in [4.69, 9.17) is 0 Å². The van der Waals surface area contributed by atoms with Gasteiger partial charge in [0, 0.05) is 23.5 Å². The van der Waals surface area contributed by atoms with E-state index >= 15 is 0 Å². The highest BCUT2D eigenvalue weighted by atomic mass is 19.4. The maximum absolute atomic E-state index is 12.4. The number of aliphatic hydroxyl groups is 1. The number of para-hydroxylation sites is 1. The number of alkyl halides is 3. The molecule has 0 saturated carbocycles. The second kappa shape index (κ2) is 5.13. The number of hydrogen-bond donors (Lipinski definition) is 1. The molecule has 0 radical (unpaired) electrons. The first kappa shape index (κ1) is 14.3. The van der Waals surface area contributed by atoms with Crippen LogP contribution >= 0.6 is 0 Å². The molecule has 0 amide bonds. The van der Waals surface area contributed by atoms with Gasteiger partial charge in [0.2, 0.25) is 0 Å². The fraction of sp³-hybridized carbons (Fsp3) is 0.214. The predicted molar refractivity (Wildman–Crippen MR) is 66.0 cm³/mol. The fourth-order valence-corrected chi connectivity index (χ4v) is 1.89. The van der Waals surface area contributed by atoms with Crippen LogP contribution in [0.25, 0.3) is 0 Å². The van der Waals surface area contributed by atoms with Crippen molar-refractivity contribution in [2.24, 2.45) is 0 Å². The first-order valence-corrected chi connectivity index (χ1v) is 5.79. The van der Waals surface area contributed by atoms with Gasteiger partial charge in [-0.3, -0.25) is 4.98 Å². The highest BCUT2D eigenvalue weighted by Crippen LogP contribution is 2.37. The molecule has 0 saturated heterocycles. The standard InChI is InChI=1S/C14H12F3NO2/c1-13(19,10-5-4-8-18-9-10)11-6-2-3-7-12(11)20-14(15,16)17/h2-9,19H,1H3. The van der Waals surface area contributed by atoms with E-state index in [0.717, 1.165) is 6.07 Å². The molecule has 1 aromatic carbocycles. The number of hydrogen-bond acceptors (Lipinski definition) is 3. The molecule has 0 aliphatic heterocycles. The molecule has 0 bridgehead atoms. The van der Waals surface area contributed by atoms with Crippen LogP contribution < -0.4 is 4.74 Å². The van der Waals surface area contributed by atoms with E-state index in [1.165, 1.54) is 37.5 Å². The minimum atomic E-state index is -4.82. The summed E-state index contributed by atoms with van der Waals surface area (Å²) in [4.78, 5) is 3.86. The van der Waals surface area contributed by atoms with Crippen LogP contribution in [0.15, 0.2) is 48.8 Å². The maximum atomic E-state index is 12.4. The molecule has 20 heavy (non-hydrogen) atoms. The van der Waals surface area contributed by atoms with E-state index in [1.807, 2.05) is 0 Å². The Morgan fingerprint density at radius 2 is 1.80 bits per heavy atom. The largest absolute Gasteiger partial charge is 0.573 e. The van der Waals surface area contributed by atoms with Gasteiger partial charge < -0.3 is 9.84 Å². The highest BCUT2D eigenvalue weighted by Gasteiger charge is 2.36. The number of rotatable bonds is 3. The molecule has 1 aromatic heterocycles. The van der Waals surface area contributed by atoms with Gasteiger partial charge in [-0.25, -0.2) is 0 Å². The lowest BCUT2D eigenvalue weighted by Crippen LogP contribution is -2.26. The molecule has 106 valence electrons. The van der Waals surface area contributed by atoms with Gasteiger partial charge >= 0.3 is 6.36 Å². The Hall–Kier alpha value is -2.08. The summed E-state index contributed by atoms with van der Waals surface area (Å²) >= 11 is 0. The van der Waals surface area contributed by atoms with Crippen molar-refractivity contribution >= 4 is 0 Å². The molecule has 1 N–H and O–H groups in total. The van der Waals surface area contributed by atoms with Crippen LogP contribution in [0.4, 0.5) is 13.2 Å². The second-order valence-corrected chi connectivity index (χ2v) is 4.36. The summed E-state index contributed by atoms with van der Waals surface area (Å²) in [7, 11) is 0. The molecule has 0 fully saturated rings. The normalized spacial score (nSPS) is 14.7. The average molecular weight is 283 g/mol. The lowest BCUT2D eigenvalue weighted by atomic mass is 9.88. The van der Waals surface area contributed by atoms with E-state index in [2.05, 4.69) is 9.72 Å². The molecule has 1 heterocycles. The summed E-state index contributed by atoms with van der Waals surface area (Å²) in [5.41, 5.74) is -1.25. The molecule has 0 aliphatic carbocycles. The summed E-state index contributed by atoms with van der Waals surface area (Å²) in [5, 5.41) is 10.5. The van der Waals surface area contributed by atoms with E-state index < -0.39 is 17.7 Å². The van der Waals surface area contributed by atoms with Crippen molar-refractivity contribution in [2.75, 3.05) is 0 Å². The Balaban J connectivity index is 2.47. The zero-order chi connectivity index (χ0) is 14.8. The number of nitrogens with zero attached hydrogens (tertiary/aromatic N) is 1. The van der Waals surface area contributed by atoms with Gasteiger partial charge in [-0.1, -0.05) is 24.3 Å². The summed E-state index contributed by atoms with van der Waals surface area (Å²) in [6.45, 7) is 1.39. The summed E-state index contributed by atoms with van der Waals surface area (Å²) in [5.74, 6) is -0.436. The number of aromatic nitrogens is 1. The smallest absolute Gasteiger partial charge is 0.405 e. The van der Waals surface area contributed by atoms with Gasteiger partial charge in [0.05, 0.1) is 0 Å². The van der Waals surface area contributed by atoms with Gasteiger partial charge in [-0.15, -0.1) is 13.2 Å². The zero-order valence-electron chi connectivity index (χ0n) is 10.6. The molecule has 1 atom stereocenters. The molecule has 0 spiro atoms. The third-order valence-corrected chi connectivity index (χ3v) is 2.86. The Bertz CT molecular complexity index is 582. The van der Waals surface area contributed by atoms with Crippen LogP contribution in [-0.4, -0.2) is 16.5 Å². The van der Waals surface area contributed by atoms with Gasteiger partial charge in [-0.2, -0.15) is 0 Å². The van der Waals surface area contributed by atoms with Crippen LogP contribution in [0.3, 0.4) is 0 Å². The predicted octanol–water partition coefficient (Wildman–Crippen LogP) is 3.24. The topological polar surface area (TPSA) is 42.4 Å². The molecule has 6 heteroatoms. The third-order valence-electron chi connectivity index (χ3n) is 2.86. The molecule has 2 aromatic rings. The van der Waals surface area contributed by atoms with Crippen LogP contribution in [-0.2, 0) is 5.60 Å². The monoisotopic (exact) mass is 283 g/mol. The molecule has 2 rings (SSSR count). The SMILES string of the molecule is CC(O)(c1cccnc1)c1ccccc1OC(F)(F)F. The van der Waals surface area contributed by atoms with Gasteiger partial charge in [0.1, 0.15) is 11.4 Å². The summed E-state index contributed by atoms with van der Waals surface area (Å²) < 4.78 is 41.1. The zero-order valence-corrected chi connectivity index (χ0v) is 10.6. The number of benzene rings is 1. The lowest BCUT2D eigenvalue weighted by molar-refractivity contribution is -0.275. The fourth-order valence-electron chi connectivity index (χ4n) is 1.89. The molecular weight excluding hydrogens is 271 g/mol. The first-order chi connectivity index (χ1) is 9.31.